The molecular formula is C15H24N2O4. The van der Waals surface area contributed by atoms with Crippen molar-refractivity contribution in [2.24, 2.45) is 11.3 Å². The van der Waals surface area contributed by atoms with Crippen LogP contribution in [-0.2, 0) is 9.53 Å². The van der Waals surface area contributed by atoms with Crippen LogP contribution in [0.2, 0.25) is 0 Å². The molecule has 1 aromatic rings. The van der Waals surface area contributed by atoms with E-state index in [-0.39, 0.29) is 23.4 Å². The maximum Gasteiger partial charge on any atom is 0.306 e. The second kappa shape index (κ2) is 6.13. The molecule has 1 aliphatic rings. The Hall–Kier alpha value is -1.43. The van der Waals surface area contributed by atoms with Gasteiger partial charge in [0.15, 0.2) is 0 Å². The summed E-state index contributed by atoms with van der Waals surface area (Å²) < 4.78 is 11.1. The molecule has 0 radical (unpaired) electrons. The van der Waals surface area contributed by atoms with Gasteiger partial charge in [-0.25, -0.2) is 0 Å². The summed E-state index contributed by atoms with van der Waals surface area (Å²) in [4.78, 5) is 15.5. The number of aromatic nitrogens is 2. The third kappa shape index (κ3) is 3.61. The number of carboxylic acid groups (broad SMARTS) is 1. The molecule has 1 heterocycles. The van der Waals surface area contributed by atoms with E-state index in [1.807, 2.05) is 6.92 Å². The highest BCUT2D eigenvalue weighted by Crippen LogP contribution is 2.39. The summed E-state index contributed by atoms with van der Waals surface area (Å²) in [5, 5.41) is 13.1. The zero-order valence-electron chi connectivity index (χ0n) is 13.1. The van der Waals surface area contributed by atoms with Crippen LogP contribution in [-0.4, -0.2) is 27.8 Å². The molecule has 0 aliphatic heterocycles. The largest absolute Gasteiger partial charge is 0.481 e. The van der Waals surface area contributed by atoms with Crippen molar-refractivity contribution in [1.29, 1.82) is 0 Å². The molecule has 21 heavy (non-hydrogen) atoms. The molecule has 2 rings (SSSR count). The van der Waals surface area contributed by atoms with Gasteiger partial charge in [-0.2, -0.15) is 4.98 Å². The van der Waals surface area contributed by atoms with Crippen molar-refractivity contribution in [3.05, 3.63) is 11.7 Å². The van der Waals surface area contributed by atoms with E-state index >= 15 is 0 Å². The molecule has 6 heteroatoms. The first-order valence-electron chi connectivity index (χ1n) is 7.50. The normalized spacial score (nSPS) is 24.2. The Bertz CT molecular complexity index is 492. The molecular weight excluding hydrogens is 272 g/mol. The molecule has 1 saturated carbocycles. The lowest BCUT2D eigenvalue weighted by Gasteiger charge is -2.27. The zero-order chi connectivity index (χ0) is 15.6. The summed E-state index contributed by atoms with van der Waals surface area (Å²) in [5.74, 6) is 0.116. The van der Waals surface area contributed by atoms with Gasteiger partial charge < -0.3 is 14.4 Å². The Morgan fingerprint density at radius 1 is 1.48 bits per heavy atom. The van der Waals surface area contributed by atoms with Crippen LogP contribution in [0.25, 0.3) is 0 Å². The van der Waals surface area contributed by atoms with Crippen LogP contribution in [0.3, 0.4) is 0 Å². The van der Waals surface area contributed by atoms with Crippen molar-refractivity contribution in [3.8, 4) is 0 Å². The first kappa shape index (κ1) is 15.9. The van der Waals surface area contributed by atoms with E-state index in [0.717, 1.165) is 6.42 Å². The maximum absolute atomic E-state index is 11.0. The van der Waals surface area contributed by atoms with Gasteiger partial charge in [-0.1, -0.05) is 25.9 Å². The molecule has 1 aromatic heterocycles. The van der Waals surface area contributed by atoms with Crippen molar-refractivity contribution >= 4 is 5.97 Å². The maximum atomic E-state index is 11.0. The molecule has 0 saturated heterocycles. The number of carbonyl (C=O) groups is 1. The molecule has 3 atom stereocenters. The third-order valence-corrected chi connectivity index (χ3v) is 3.94. The fourth-order valence-corrected chi connectivity index (χ4v) is 2.83. The Morgan fingerprint density at radius 2 is 2.19 bits per heavy atom. The van der Waals surface area contributed by atoms with Crippen LogP contribution in [0.15, 0.2) is 4.52 Å². The minimum absolute atomic E-state index is 0.0506. The quantitative estimate of drug-likeness (QED) is 0.898. The van der Waals surface area contributed by atoms with E-state index < -0.39 is 5.97 Å². The summed E-state index contributed by atoms with van der Waals surface area (Å²) in [6.07, 6.45) is 1.81. The van der Waals surface area contributed by atoms with Crippen LogP contribution in [0, 0.1) is 11.3 Å². The standard InChI is InChI=1S/C15H24N2O4/c1-5-20-11(15(2,3)4)12-16-13(21-17-12)9-6-7-10(8-9)14(18)19/h9-11H,5-8H2,1-4H3,(H,18,19). The van der Waals surface area contributed by atoms with Gasteiger partial charge in [0, 0.05) is 12.5 Å². The smallest absolute Gasteiger partial charge is 0.306 e. The molecule has 0 aromatic carbocycles. The Balaban J connectivity index is 2.12. The lowest BCUT2D eigenvalue weighted by Crippen LogP contribution is -2.22. The highest BCUT2D eigenvalue weighted by molar-refractivity contribution is 5.70. The highest BCUT2D eigenvalue weighted by Gasteiger charge is 2.36. The molecule has 1 N–H and O–H groups in total. The van der Waals surface area contributed by atoms with Gasteiger partial charge in [0.25, 0.3) is 0 Å². The number of aliphatic carboxylic acids is 1. The molecule has 0 bridgehead atoms. The minimum atomic E-state index is -0.737. The number of hydrogen-bond donors (Lipinski definition) is 1. The molecule has 6 nitrogen and oxygen atoms in total. The lowest BCUT2D eigenvalue weighted by molar-refractivity contribution is -0.141. The Labute approximate surface area is 124 Å². The first-order valence-corrected chi connectivity index (χ1v) is 7.50. The van der Waals surface area contributed by atoms with E-state index in [1.165, 1.54) is 0 Å². The van der Waals surface area contributed by atoms with E-state index in [4.69, 9.17) is 14.4 Å². The summed E-state index contributed by atoms with van der Waals surface area (Å²) in [6.45, 7) is 8.72. The van der Waals surface area contributed by atoms with Gasteiger partial charge in [0.05, 0.1) is 5.92 Å². The summed E-state index contributed by atoms with van der Waals surface area (Å²) in [6, 6.07) is 0. The van der Waals surface area contributed by atoms with Gasteiger partial charge in [-0.05, 0) is 31.6 Å². The second-order valence-electron chi connectivity index (χ2n) is 6.74. The van der Waals surface area contributed by atoms with Gasteiger partial charge >= 0.3 is 5.97 Å². The van der Waals surface area contributed by atoms with Crippen LogP contribution >= 0.6 is 0 Å². The molecule has 118 valence electrons. The fourth-order valence-electron chi connectivity index (χ4n) is 2.83. The molecule has 0 amide bonds. The van der Waals surface area contributed by atoms with Crippen molar-refractivity contribution < 1.29 is 19.2 Å². The van der Waals surface area contributed by atoms with Crippen molar-refractivity contribution in [2.45, 2.75) is 59.0 Å². The van der Waals surface area contributed by atoms with Crippen molar-refractivity contribution in [1.82, 2.24) is 10.1 Å². The number of rotatable bonds is 5. The van der Waals surface area contributed by atoms with Gasteiger partial charge in [-0.15, -0.1) is 0 Å². The molecule has 3 unspecified atom stereocenters. The van der Waals surface area contributed by atoms with Crippen LogP contribution in [0.4, 0.5) is 0 Å². The number of hydrogen-bond acceptors (Lipinski definition) is 5. The zero-order valence-corrected chi connectivity index (χ0v) is 13.1. The monoisotopic (exact) mass is 296 g/mol. The summed E-state index contributed by atoms with van der Waals surface area (Å²) in [5.41, 5.74) is -0.129. The van der Waals surface area contributed by atoms with Crippen molar-refractivity contribution in [3.63, 3.8) is 0 Å². The van der Waals surface area contributed by atoms with Crippen LogP contribution in [0.1, 0.15) is 70.7 Å². The van der Waals surface area contributed by atoms with E-state index in [0.29, 0.717) is 31.2 Å². The van der Waals surface area contributed by atoms with Crippen molar-refractivity contribution in [2.75, 3.05) is 6.61 Å². The van der Waals surface area contributed by atoms with Crippen LogP contribution < -0.4 is 0 Å². The predicted octanol–water partition coefficient (Wildman–Crippen LogP) is 3.16. The van der Waals surface area contributed by atoms with E-state index in [9.17, 15) is 4.79 Å². The Morgan fingerprint density at radius 3 is 2.71 bits per heavy atom. The van der Waals surface area contributed by atoms with Crippen LogP contribution in [0.5, 0.6) is 0 Å². The average molecular weight is 296 g/mol. The molecule has 1 fully saturated rings. The second-order valence-corrected chi connectivity index (χ2v) is 6.74. The SMILES string of the molecule is CCOC(c1noc(C2CCC(C(=O)O)C2)n1)C(C)(C)C. The Kier molecular flexibility index (Phi) is 4.66. The summed E-state index contributed by atoms with van der Waals surface area (Å²) in [7, 11) is 0. The van der Waals surface area contributed by atoms with E-state index in [2.05, 4.69) is 30.9 Å². The third-order valence-electron chi connectivity index (χ3n) is 3.94. The first-order chi connectivity index (χ1) is 9.82. The molecule has 1 aliphatic carbocycles. The highest BCUT2D eigenvalue weighted by atomic mass is 16.5. The average Bonchev–Trinajstić information content (AvgIpc) is 3.02. The minimum Gasteiger partial charge on any atom is -0.481 e. The topological polar surface area (TPSA) is 85.5 Å². The lowest BCUT2D eigenvalue weighted by atomic mass is 9.88. The predicted molar refractivity (Wildman–Crippen MR) is 75.8 cm³/mol. The van der Waals surface area contributed by atoms with Gasteiger partial charge in [0.1, 0.15) is 6.10 Å². The molecule has 0 spiro atoms. The summed E-state index contributed by atoms with van der Waals surface area (Å²) >= 11 is 0. The van der Waals surface area contributed by atoms with Gasteiger partial charge in [-0.3, -0.25) is 4.79 Å². The van der Waals surface area contributed by atoms with E-state index in [1.54, 1.807) is 0 Å². The number of carboxylic acids is 1. The number of ether oxygens (including phenoxy) is 1. The van der Waals surface area contributed by atoms with Gasteiger partial charge in [0.2, 0.25) is 11.7 Å². The fraction of sp³-hybridized carbons (Fsp3) is 0.800. The number of nitrogens with zero attached hydrogens (tertiary/aromatic N) is 2.